The second kappa shape index (κ2) is 11.7. The number of para-hydroxylation sites is 1. The summed E-state index contributed by atoms with van der Waals surface area (Å²) in [4.78, 5) is 86.2. The lowest BCUT2D eigenvalue weighted by Gasteiger charge is -2.45. The van der Waals surface area contributed by atoms with E-state index >= 15 is 0 Å². The number of aromatic amines is 1. The zero-order valence-electron chi connectivity index (χ0n) is 27.0. The average molecular weight is 671 g/mol. The van der Waals surface area contributed by atoms with Crippen molar-refractivity contribution in [3.8, 4) is 0 Å². The van der Waals surface area contributed by atoms with E-state index in [1.54, 1.807) is 16.7 Å². The van der Waals surface area contributed by atoms with E-state index < -0.39 is 72.9 Å². The van der Waals surface area contributed by atoms with Gasteiger partial charge in [0.15, 0.2) is 24.5 Å². The third kappa shape index (κ3) is 4.96. The van der Waals surface area contributed by atoms with Crippen LogP contribution in [0, 0.1) is 0 Å². The van der Waals surface area contributed by atoms with Gasteiger partial charge in [-0.25, -0.2) is 4.98 Å². The van der Waals surface area contributed by atoms with Crippen molar-refractivity contribution in [1.29, 1.82) is 0 Å². The van der Waals surface area contributed by atoms with E-state index in [1.807, 2.05) is 24.3 Å². The number of pyridine rings is 1. The van der Waals surface area contributed by atoms with Crippen LogP contribution < -0.4 is 0 Å². The molecule has 1 fully saturated rings. The van der Waals surface area contributed by atoms with Gasteiger partial charge in [-0.15, -0.1) is 0 Å². The first-order valence-electron chi connectivity index (χ1n) is 15.4. The first-order valence-corrected chi connectivity index (χ1v) is 15.4. The summed E-state index contributed by atoms with van der Waals surface area (Å²) in [5, 5.41) is 2.01. The van der Waals surface area contributed by atoms with Crippen molar-refractivity contribution < 1.29 is 52.5 Å². The van der Waals surface area contributed by atoms with Gasteiger partial charge < -0.3 is 28.7 Å². The number of aromatic nitrogens is 3. The average Bonchev–Trinajstić information content (AvgIpc) is 3.66. The highest BCUT2D eigenvalue weighted by molar-refractivity contribution is 6.39. The molecule has 252 valence electrons. The molecule has 15 nitrogen and oxygen atoms in total. The van der Waals surface area contributed by atoms with E-state index in [2.05, 4.69) is 9.97 Å². The van der Waals surface area contributed by atoms with Crippen LogP contribution in [0.5, 0.6) is 0 Å². The molecule has 5 aromatic rings. The fraction of sp³-hybridized carbons (Fsp3) is 0.324. The molecule has 3 aromatic heterocycles. The minimum absolute atomic E-state index is 0.155. The quantitative estimate of drug-likeness (QED) is 0.158. The topological polar surface area (TPSA) is 185 Å². The van der Waals surface area contributed by atoms with Crippen molar-refractivity contribution in [2.75, 3.05) is 13.7 Å². The number of rotatable bonds is 6. The predicted octanol–water partition coefficient (Wildman–Crippen LogP) is 3.31. The number of nitrogens with zero attached hydrogens (tertiary/aromatic N) is 3. The lowest BCUT2D eigenvalue weighted by Crippen LogP contribution is -2.60. The lowest BCUT2D eigenvalue weighted by atomic mass is 9.96. The van der Waals surface area contributed by atoms with Gasteiger partial charge in [0.05, 0.1) is 22.2 Å². The van der Waals surface area contributed by atoms with Crippen LogP contribution in [-0.4, -0.2) is 93.2 Å². The maximum absolute atomic E-state index is 13.9. The maximum Gasteiger partial charge on any atom is 0.303 e. The second-order valence-electron chi connectivity index (χ2n) is 11.9. The Hall–Kier alpha value is -5.83. The van der Waals surface area contributed by atoms with Gasteiger partial charge in [-0.3, -0.25) is 38.2 Å². The summed E-state index contributed by atoms with van der Waals surface area (Å²) in [6, 6.07) is 10.7. The summed E-state index contributed by atoms with van der Waals surface area (Å²) in [5.41, 5.74) is 2.14. The predicted molar refractivity (Wildman–Crippen MR) is 170 cm³/mol. The summed E-state index contributed by atoms with van der Waals surface area (Å²) >= 11 is 0. The van der Waals surface area contributed by atoms with E-state index in [0.29, 0.717) is 38.1 Å². The third-order valence-electron chi connectivity index (χ3n) is 8.71. The maximum atomic E-state index is 13.9. The number of esters is 4. The van der Waals surface area contributed by atoms with Crippen molar-refractivity contribution in [2.45, 2.75) is 58.3 Å². The number of fused-ring (bicyclic) bond motifs is 10. The molecule has 2 aliphatic rings. The zero-order valence-corrected chi connectivity index (χ0v) is 27.0. The number of imide groups is 1. The Morgan fingerprint density at radius 3 is 2.08 bits per heavy atom. The highest BCUT2D eigenvalue weighted by atomic mass is 16.7. The number of ether oxygens (including phenoxy) is 5. The minimum Gasteiger partial charge on any atom is -0.463 e. The number of hydrogen-bond donors (Lipinski definition) is 1. The van der Waals surface area contributed by atoms with E-state index in [-0.39, 0.29) is 16.8 Å². The summed E-state index contributed by atoms with van der Waals surface area (Å²) in [7, 11) is 1.41. The van der Waals surface area contributed by atoms with Gasteiger partial charge in [0.2, 0.25) is 0 Å². The highest BCUT2D eigenvalue weighted by Gasteiger charge is 2.54. The van der Waals surface area contributed by atoms with Gasteiger partial charge >= 0.3 is 23.9 Å². The summed E-state index contributed by atoms with van der Waals surface area (Å²) in [5.74, 6) is -3.98. The molecule has 49 heavy (non-hydrogen) atoms. The Morgan fingerprint density at radius 2 is 1.41 bits per heavy atom. The number of carbonyl (C=O) groups excluding carboxylic acids is 6. The second-order valence-corrected chi connectivity index (χ2v) is 11.9. The van der Waals surface area contributed by atoms with Crippen LogP contribution in [0.1, 0.15) is 54.6 Å². The number of H-pyrrole nitrogens is 1. The van der Waals surface area contributed by atoms with Crippen LogP contribution in [0.2, 0.25) is 0 Å². The molecule has 5 heterocycles. The molecule has 5 atom stereocenters. The van der Waals surface area contributed by atoms with Crippen LogP contribution in [0.4, 0.5) is 0 Å². The smallest absolute Gasteiger partial charge is 0.303 e. The van der Waals surface area contributed by atoms with Crippen LogP contribution in [0.3, 0.4) is 0 Å². The molecule has 7 rings (SSSR count). The van der Waals surface area contributed by atoms with Crippen molar-refractivity contribution in [2.24, 2.45) is 0 Å². The van der Waals surface area contributed by atoms with E-state index in [1.165, 1.54) is 20.2 Å². The Bertz CT molecular complexity index is 2270. The molecular formula is C34H30N4O11. The number of amides is 2. The number of benzene rings is 2. The molecule has 0 aliphatic carbocycles. The fourth-order valence-electron chi connectivity index (χ4n) is 6.98. The first-order chi connectivity index (χ1) is 23.4. The molecule has 2 aromatic carbocycles. The van der Waals surface area contributed by atoms with Crippen LogP contribution in [0.25, 0.3) is 43.7 Å². The Labute approximate surface area is 276 Å². The van der Waals surface area contributed by atoms with Gasteiger partial charge in [0, 0.05) is 68.0 Å². The Balaban J connectivity index is 1.61. The molecule has 0 saturated carbocycles. The summed E-state index contributed by atoms with van der Waals surface area (Å²) < 4.78 is 30.6. The van der Waals surface area contributed by atoms with Crippen LogP contribution >= 0.6 is 0 Å². The van der Waals surface area contributed by atoms with Crippen molar-refractivity contribution in [3.05, 3.63) is 53.7 Å². The van der Waals surface area contributed by atoms with Crippen molar-refractivity contribution in [3.63, 3.8) is 0 Å². The number of carbonyl (C=O) groups is 6. The minimum atomic E-state index is -1.46. The molecule has 2 amide bonds. The standard InChI is InChI=1S/C34H30N4O11/c1-14(39)45-13-21-28(46-15(2)40)29(47-16(3)41)30(48-17(4)42)34(49-21)38-27-23(19-10-8-12-35-31(19)38)25-24(32(43)37(5)33(25)44)22-18-9-6-7-11-20(18)36-26(22)27/h6-12,21,28-30,34,36H,13H2,1-5H3/t21-,28-,29+,30-,34?/m1/s1. The van der Waals surface area contributed by atoms with Crippen LogP contribution in [0.15, 0.2) is 42.6 Å². The van der Waals surface area contributed by atoms with Crippen LogP contribution in [-0.2, 0) is 42.9 Å². The molecule has 15 heteroatoms. The molecule has 2 aliphatic heterocycles. The number of hydrogen-bond acceptors (Lipinski definition) is 12. The molecule has 0 spiro atoms. The van der Waals surface area contributed by atoms with Gasteiger partial charge in [-0.1, -0.05) is 18.2 Å². The fourth-order valence-corrected chi connectivity index (χ4v) is 6.98. The number of nitrogens with one attached hydrogen (secondary N) is 1. The van der Waals surface area contributed by atoms with E-state index in [9.17, 15) is 28.8 Å². The summed E-state index contributed by atoms with van der Waals surface area (Å²) in [6.45, 7) is 4.18. The van der Waals surface area contributed by atoms with Gasteiger partial charge in [0.25, 0.3) is 11.8 Å². The largest absolute Gasteiger partial charge is 0.463 e. The molecule has 1 saturated heterocycles. The zero-order chi connectivity index (χ0) is 34.9. The third-order valence-corrected chi connectivity index (χ3v) is 8.71. The first kappa shape index (κ1) is 31.8. The van der Waals surface area contributed by atoms with Crippen molar-refractivity contribution in [1.82, 2.24) is 19.4 Å². The monoisotopic (exact) mass is 670 g/mol. The molecule has 0 radical (unpaired) electrons. The molecular weight excluding hydrogens is 640 g/mol. The van der Waals surface area contributed by atoms with Gasteiger partial charge in [-0.05, 0) is 18.2 Å². The SMILES string of the molecule is CC(=O)OC[C@H]1OC(n2c3ncccc3c3c4c(c5c6ccccc6[nH]c5c32)C(=O)N(C)C4=O)[C@H](OC(C)=O)[C@@H](OC(C)=O)[C@@H]1OC(C)=O. The van der Waals surface area contributed by atoms with Gasteiger partial charge in [-0.2, -0.15) is 0 Å². The molecule has 1 N–H and O–H groups in total. The van der Waals surface area contributed by atoms with E-state index in [4.69, 9.17) is 23.7 Å². The molecule has 1 unspecified atom stereocenters. The normalized spacial score (nSPS) is 22.1. The molecule has 0 bridgehead atoms. The Morgan fingerprint density at radius 1 is 0.796 bits per heavy atom. The highest BCUT2D eigenvalue weighted by Crippen LogP contribution is 2.47. The lowest BCUT2D eigenvalue weighted by molar-refractivity contribution is -0.267. The summed E-state index contributed by atoms with van der Waals surface area (Å²) in [6.07, 6.45) is -5.41. The van der Waals surface area contributed by atoms with E-state index in [0.717, 1.165) is 25.7 Å². The van der Waals surface area contributed by atoms with Gasteiger partial charge in [0.1, 0.15) is 18.4 Å². The van der Waals surface area contributed by atoms with Crippen molar-refractivity contribution >= 4 is 79.4 Å². The Kier molecular flexibility index (Phi) is 7.58.